The first-order valence-electron chi connectivity index (χ1n) is 8.71. The number of ether oxygens (including phenoxy) is 2. The molecule has 0 aliphatic carbocycles. The van der Waals surface area contributed by atoms with Crippen LogP contribution in [-0.2, 0) is 11.4 Å². The van der Waals surface area contributed by atoms with Gasteiger partial charge in [-0.1, -0.05) is 29.8 Å². The summed E-state index contributed by atoms with van der Waals surface area (Å²) in [6.07, 6.45) is 1.33. The number of urea groups is 1. The Morgan fingerprint density at radius 3 is 2.66 bits per heavy atom. The molecule has 0 saturated heterocycles. The first kappa shape index (κ1) is 22.0. The zero-order valence-corrected chi connectivity index (χ0v) is 17.6. The van der Waals surface area contributed by atoms with Crippen LogP contribution in [0.3, 0.4) is 0 Å². The lowest BCUT2D eigenvalue weighted by Crippen LogP contribution is -2.35. The van der Waals surface area contributed by atoms with Crippen molar-refractivity contribution >= 4 is 33.9 Å². The zero-order chi connectivity index (χ0) is 21.4. The molecule has 150 valence electrons. The molecule has 2 aromatic carbocycles. The molecule has 0 saturated carbocycles. The maximum atomic E-state index is 11.9. The SMILES string of the molecule is CCOc1cc(/C=C(/C#N)C(=O)NC(N)=O)cc(Br)c1OCc1cccc(C)c1. The summed E-state index contributed by atoms with van der Waals surface area (Å²) in [7, 11) is 0. The summed E-state index contributed by atoms with van der Waals surface area (Å²) in [5, 5.41) is 11.1. The molecule has 3 amide bonds. The highest BCUT2D eigenvalue weighted by Crippen LogP contribution is 2.38. The van der Waals surface area contributed by atoms with E-state index in [1.165, 1.54) is 6.08 Å². The summed E-state index contributed by atoms with van der Waals surface area (Å²) in [5.74, 6) is 0.0767. The number of hydrogen-bond donors (Lipinski definition) is 2. The van der Waals surface area contributed by atoms with Gasteiger partial charge in [0.05, 0.1) is 11.1 Å². The third kappa shape index (κ3) is 6.36. The number of nitrogens with one attached hydrogen (secondary N) is 1. The number of primary amides is 1. The van der Waals surface area contributed by atoms with Crippen molar-refractivity contribution < 1.29 is 19.1 Å². The van der Waals surface area contributed by atoms with Gasteiger partial charge in [0.2, 0.25) is 0 Å². The van der Waals surface area contributed by atoms with E-state index in [1.54, 1.807) is 18.2 Å². The first-order chi connectivity index (χ1) is 13.8. The third-order valence-electron chi connectivity index (χ3n) is 3.71. The van der Waals surface area contributed by atoms with E-state index in [4.69, 9.17) is 15.2 Å². The molecule has 0 bridgehead atoms. The highest BCUT2D eigenvalue weighted by atomic mass is 79.9. The molecular formula is C21H20BrN3O4. The van der Waals surface area contributed by atoms with Crippen molar-refractivity contribution in [3.8, 4) is 17.6 Å². The van der Waals surface area contributed by atoms with Crippen molar-refractivity contribution in [2.45, 2.75) is 20.5 Å². The molecular weight excluding hydrogens is 438 g/mol. The van der Waals surface area contributed by atoms with Crippen molar-refractivity contribution in [3.05, 3.63) is 63.1 Å². The van der Waals surface area contributed by atoms with Crippen LogP contribution >= 0.6 is 15.9 Å². The van der Waals surface area contributed by atoms with E-state index in [0.29, 0.717) is 34.7 Å². The number of carbonyl (C=O) groups excluding carboxylic acids is 2. The van der Waals surface area contributed by atoms with Crippen molar-refractivity contribution in [1.82, 2.24) is 5.32 Å². The minimum Gasteiger partial charge on any atom is -0.490 e. The quantitative estimate of drug-likeness (QED) is 0.484. The number of halogens is 1. The zero-order valence-electron chi connectivity index (χ0n) is 16.0. The molecule has 0 radical (unpaired) electrons. The Labute approximate surface area is 177 Å². The second-order valence-corrected chi connectivity index (χ2v) is 6.88. The van der Waals surface area contributed by atoms with Crippen LogP contribution in [0.5, 0.6) is 11.5 Å². The highest BCUT2D eigenvalue weighted by molar-refractivity contribution is 9.10. The Kier molecular flexibility index (Phi) is 7.80. The molecule has 7 nitrogen and oxygen atoms in total. The molecule has 2 aromatic rings. The van der Waals surface area contributed by atoms with Gasteiger partial charge in [-0.3, -0.25) is 10.1 Å². The van der Waals surface area contributed by atoms with Gasteiger partial charge in [0.15, 0.2) is 11.5 Å². The van der Waals surface area contributed by atoms with Crippen LogP contribution in [0.25, 0.3) is 6.08 Å². The lowest BCUT2D eigenvalue weighted by molar-refractivity contribution is -0.115. The molecule has 0 atom stereocenters. The Morgan fingerprint density at radius 1 is 1.28 bits per heavy atom. The second-order valence-electron chi connectivity index (χ2n) is 6.03. The van der Waals surface area contributed by atoms with Gasteiger partial charge in [0.1, 0.15) is 18.2 Å². The number of nitrogens with two attached hydrogens (primary N) is 1. The Bertz CT molecular complexity index is 996. The van der Waals surface area contributed by atoms with E-state index in [1.807, 2.05) is 43.4 Å². The van der Waals surface area contributed by atoms with E-state index in [9.17, 15) is 14.9 Å². The number of nitrogens with zero attached hydrogens (tertiary/aromatic N) is 1. The van der Waals surface area contributed by atoms with Crippen LogP contribution < -0.4 is 20.5 Å². The van der Waals surface area contributed by atoms with Crippen LogP contribution in [0.2, 0.25) is 0 Å². The van der Waals surface area contributed by atoms with Crippen LogP contribution in [0.1, 0.15) is 23.6 Å². The van der Waals surface area contributed by atoms with Gasteiger partial charge in [-0.05, 0) is 59.1 Å². The number of hydrogen-bond acceptors (Lipinski definition) is 5. The number of rotatable bonds is 7. The van der Waals surface area contributed by atoms with Gasteiger partial charge in [0, 0.05) is 0 Å². The van der Waals surface area contributed by atoms with Gasteiger partial charge in [-0.2, -0.15) is 5.26 Å². The fourth-order valence-electron chi connectivity index (χ4n) is 2.53. The summed E-state index contributed by atoms with van der Waals surface area (Å²) in [6.45, 7) is 4.59. The molecule has 29 heavy (non-hydrogen) atoms. The molecule has 0 fully saturated rings. The highest BCUT2D eigenvalue weighted by Gasteiger charge is 2.15. The summed E-state index contributed by atoms with van der Waals surface area (Å²) in [5.41, 5.74) is 7.31. The van der Waals surface area contributed by atoms with Gasteiger partial charge >= 0.3 is 6.03 Å². The summed E-state index contributed by atoms with van der Waals surface area (Å²) >= 11 is 3.45. The van der Waals surface area contributed by atoms with E-state index < -0.39 is 11.9 Å². The number of imide groups is 1. The molecule has 2 rings (SSSR count). The largest absolute Gasteiger partial charge is 0.490 e. The fourth-order valence-corrected chi connectivity index (χ4v) is 3.10. The molecule has 0 spiro atoms. The Balaban J connectivity index is 2.33. The first-order valence-corrected chi connectivity index (χ1v) is 9.50. The van der Waals surface area contributed by atoms with E-state index in [0.717, 1.165) is 11.1 Å². The van der Waals surface area contributed by atoms with E-state index in [-0.39, 0.29) is 5.57 Å². The standard InChI is InChI=1S/C21H20BrN3O4/c1-3-28-18-10-15(8-16(11-23)20(26)25-21(24)27)9-17(22)19(18)29-12-14-6-4-5-13(2)7-14/h4-10H,3,12H2,1-2H3,(H3,24,25,26,27)/b16-8-. The lowest BCUT2D eigenvalue weighted by Gasteiger charge is -2.15. The molecule has 0 aliphatic heterocycles. The number of aryl methyl sites for hydroxylation is 1. The van der Waals surface area contributed by atoms with Crippen molar-refractivity contribution in [2.24, 2.45) is 5.73 Å². The third-order valence-corrected chi connectivity index (χ3v) is 4.30. The number of nitriles is 1. The molecule has 0 aliphatic rings. The van der Waals surface area contributed by atoms with Crippen molar-refractivity contribution in [1.29, 1.82) is 5.26 Å². The molecule has 0 unspecified atom stereocenters. The Morgan fingerprint density at radius 2 is 2.03 bits per heavy atom. The number of amides is 3. The maximum absolute atomic E-state index is 11.9. The number of carbonyl (C=O) groups is 2. The average Bonchev–Trinajstić information content (AvgIpc) is 2.65. The van der Waals surface area contributed by atoms with Crippen LogP contribution in [0.15, 0.2) is 46.4 Å². The lowest BCUT2D eigenvalue weighted by atomic mass is 10.1. The summed E-state index contributed by atoms with van der Waals surface area (Å²) in [6, 6.07) is 12.0. The second kappa shape index (κ2) is 10.3. The van der Waals surface area contributed by atoms with E-state index >= 15 is 0 Å². The summed E-state index contributed by atoms with van der Waals surface area (Å²) < 4.78 is 12.2. The predicted molar refractivity (Wildman–Crippen MR) is 112 cm³/mol. The monoisotopic (exact) mass is 457 g/mol. The number of benzene rings is 2. The molecule has 3 N–H and O–H groups in total. The van der Waals surface area contributed by atoms with Crippen LogP contribution in [-0.4, -0.2) is 18.5 Å². The fraction of sp³-hybridized carbons (Fsp3) is 0.190. The van der Waals surface area contributed by atoms with Crippen molar-refractivity contribution in [2.75, 3.05) is 6.61 Å². The minimum absolute atomic E-state index is 0.272. The molecule has 8 heteroatoms. The van der Waals surface area contributed by atoms with E-state index in [2.05, 4.69) is 15.9 Å². The van der Waals surface area contributed by atoms with Gasteiger partial charge < -0.3 is 15.2 Å². The van der Waals surface area contributed by atoms with Crippen LogP contribution in [0.4, 0.5) is 4.79 Å². The predicted octanol–water partition coefficient (Wildman–Crippen LogP) is 3.84. The van der Waals surface area contributed by atoms with Gasteiger partial charge in [-0.15, -0.1) is 0 Å². The normalized spacial score (nSPS) is 10.8. The smallest absolute Gasteiger partial charge is 0.319 e. The summed E-state index contributed by atoms with van der Waals surface area (Å²) in [4.78, 5) is 22.7. The maximum Gasteiger partial charge on any atom is 0.319 e. The minimum atomic E-state index is -1.03. The van der Waals surface area contributed by atoms with Gasteiger partial charge in [0.25, 0.3) is 5.91 Å². The van der Waals surface area contributed by atoms with Gasteiger partial charge in [-0.25, -0.2) is 4.79 Å². The Hall–Kier alpha value is -3.31. The molecule has 0 heterocycles. The molecule has 0 aromatic heterocycles. The van der Waals surface area contributed by atoms with Crippen molar-refractivity contribution in [3.63, 3.8) is 0 Å². The topological polar surface area (TPSA) is 114 Å². The average molecular weight is 458 g/mol. The van der Waals surface area contributed by atoms with Crippen LogP contribution in [0, 0.1) is 18.3 Å².